The summed E-state index contributed by atoms with van der Waals surface area (Å²) in [6.07, 6.45) is 5.32. The number of methoxy groups -OCH3 is 1. The van der Waals surface area contributed by atoms with Crippen molar-refractivity contribution in [2.24, 2.45) is 5.41 Å². The number of aromatic nitrogens is 1. The number of nitrogens with zero attached hydrogens (tertiary/aromatic N) is 2. The second-order valence-corrected chi connectivity index (χ2v) is 17.6. The highest BCUT2D eigenvalue weighted by Crippen LogP contribution is 2.48. The number of halogens is 2. The first-order valence-electron chi connectivity index (χ1n) is 24.2. The van der Waals surface area contributed by atoms with Crippen molar-refractivity contribution in [3.63, 3.8) is 0 Å². The predicted octanol–water partition coefficient (Wildman–Crippen LogP) is 6.63. The van der Waals surface area contributed by atoms with Crippen LogP contribution in [0.15, 0.2) is 85.1 Å². The molecule has 8 rings (SSSR count). The van der Waals surface area contributed by atoms with Gasteiger partial charge in [-0.1, -0.05) is 6.07 Å². The number of imide groups is 2. The minimum absolute atomic E-state index is 0.0142. The van der Waals surface area contributed by atoms with Gasteiger partial charge in [-0.25, -0.2) is 8.78 Å². The Hall–Kier alpha value is -8.04. The number of carbonyl (C=O) groups excluding carboxylic acids is 7. The van der Waals surface area contributed by atoms with Gasteiger partial charge in [0, 0.05) is 67.8 Å². The Kier molecular flexibility index (Phi) is 17.0. The number of nitrogens with one attached hydrogen (secondary N) is 4. The van der Waals surface area contributed by atoms with Crippen LogP contribution < -0.4 is 40.2 Å². The van der Waals surface area contributed by atoms with Gasteiger partial charge < -0.3 is 44.4 Å². The molecule has 3 heterocycles. The first-order chi connectivity index (χ1) is 35.8. The normalized spacial score (nSPS) is 15.6. The molecule has 0 bridgehead atoms. The van der Waals surface area contributed by atoms with Crippen LogP contribution in [0.4, 0.5) is 20.2 Å². The molecule has 5 aromatic rings. The van der Waals surface area contributed by atoms with Crippen molar-refractivity contribution in [3.8, 4) is 28.7 Å². The molecule has 388 valence electrons. The summed E-state index contributed by atoms with van der Waals surface area (Å²) in [5.74, 6) is -3.79. The van der Waals surface area contributed by atoms with E-state index in [2.05, 4.69) is 26.3 Å². The maximum atomic E-state index is 15.4. The third kappa shape index (κ3) is 12.6. The van der Waals surface area contributed by atoms with Crippen LogP contribution in [0.3, 0.4) is 0 Å². The predicted molar refractivity (Wildman–Crippen MR) is 262 cm³/mol. The summed E-state index contributed by atoms with van der Waals surface area (Å²) in [6, 6.07) is 17.6. The summed E-state index contributed by atoms with van der Waals surface area (Å²) in [6.45, 7) is 2.32. The van der Waals surface area contributed by atoms with Gasteiger partial charge in [-0.05, 0) is 106 Å². The van der Waals surface area contributed by atoms with Crippen LogP contribution in [0.25, 0.3) is 10.9 Å². The van der Waals surface area contributed by atoms with Crippen LogP contribution in [-0.2, 0) is 33.4 Å². The molecular weight excluding hydrogens is 967 g/mol. The maximum absolute atomic E-state index is 15.4. The number of benzene rings is 4. The van der Waals surface area contributed by atoms with E-state index in [-0.39, 0.29) is 73.2 Å². The van der Waals surface area contributed by atoms with Crippen molar-refractivity contribution < 1.29 is 70.8 Å². The van der Waals surface area contributed by atoms with E-state index in [0.29, 0.717) is 79.5 Å². The number of carbonyl (C=O) groups is 7. The van der Waals surface area contributed by atoms with Gasteiger partial charge in [-0.15, -0.1) is 0 Å². The zero-order chi connectivity index (χ0) is 52.2. The van der Waals surface area contributed by atoms with E-state index in [9.17, 15) is 38.0 Å². The number of ether oxygens (including phenoxy) is 6. The smallest absolute Gasteiger partial charge is 0.266 e. The van der Waals surface area contributed by atoms with E-state index in [4.69, 9.17) is 28.4 Å². The Morgan fingerprint density at radius 3 is 2.12 bits per heavy atom. The van der Waals surface area contributed by atoms with Crippen LogP contribution in [-0.4, -0.2) is 111 Å². The van der Waals surface area contributed by atoms with Crippen molar-refractivity contribution in [2.45, 2.75) is 63.8 Å². The molecule has 4 N–H and O–H groups in total. The molecule has 2 aliphatic heterocycles. The molecule has 21 heteroatoms. The van der Waals surface area contributed by atoms with Crippen molar-refractivity contribution in [3.05, 3.63) is 108 Å². The third-order valence-electron chi connectivity index (χ3n) is 12.5. The molecule has 1 saturated heterocycles. The SMILES string of the molecule is COc1cc2c(Oc3ccc(NC(=O)C4(C(=O)Nc5ccc(F)cc5)CC4)cc3F)ccnc2cc1OCCCCOCCCCOCCC(=O)NCCOc1cccc2c1C(=O)N(C1CCC(=O)NC1=O)C2=O. The van der Waals surface area contributed by atoms with Gasteiger partial charge in [0.05, 0.1) is 43.5 Å². The van der Waals surface area contributed by atoms with E-state index in [1.807, 2.05) is 0 Å². The monoisotopic (exact) mass is 1020 g/mol. The van der Waals surface area contributed by atoms with Crippen LogP contribution in [0.1, 0.15) is 78.5 Å². The zero-order valence-corrected chi connectivity index (χ0v) is 40.4. The largest absolute Gasteiger partial charge is 0.493 e. The van der Waals surface area contributed by atoms with E-state index >= 15 is 4.39 Å². The molecule has 1 unspecified atom stereocenters. The average Bonchev–Trinajstić information content (AvgIpc) is 4.17. The van der Waals surface area contributed by atoms with Gasteiger partial charge in [0.15, 0.2) is 23.1 Å². The molecule has 1 saturated carbocycles. The highest BCUT2D eigenvalue weighted by molar-refractivity contribution is 6.24. The number of piperidine rings is 1. The number of rotatable bonds is 26. The molecule has 19 nitrogen and oxygen atoms in total. The molecule has 1 atom stereocenters. The molecule has 3 aliphatic rings. The van der Waals surface area contributed by atoms with Gasteiger partial charge in [-0.2, -0.15) is 0 Å². The fraction of sp³-hybridized carbons (Fsp3) is 0.358. The number of amides is 7. The summed E-state index contributed by atoms with van der Waals surface area (Å²) < 4.78 is 63.4. The summed E-state index contributed by atoms with van der Waals surface area (Å²) in [5.41, 5.74) is -0.163. The second kappa shape index (κ2) is 24.1. The zero-order valence-electron chi connectivity index (χ0n) is 40.4. The number of hydrogen-bond donors (Lipinski definition) is 4. The second-order valence-electron chi connectivity index (χ2n) is 17.6. The minimum Gasteiger partial charge on any atom is -0.493 e. The molecular formula is C53H54F2N6O13. The molecule has 4 aromatic carbocycles. The van der Waals surface area contributed by atoms with Crippen LogP contribution in [0, 0.1) is 17.0 Å². The lowest BCUT2D eigenvalue weighted by atomic mass is 10.0. The van der Waals surface area contributed by atoms with Crippen molar-refractivity contribution in [1.82, 2.24) is 20.5 Å². The lowest BCUT2D eigenvalue weighted by Crippen LogP contribution is -2.54. The summed E-state index contributed by atoms with van der Waals surface area (Å²) in [7, 11) is 1.50. The molecule has 1 aromatic heterocycles. The summed E-state index contributed by atoms with van der Waals surface area (Å²) in [4.78, 5) is 93.9. The standard InChI is InChI=1S/C53H54F2N6O13/c1-69-43-30-36-38(56-21-17-40(36)74-41-15-13-34(29-37(41)55)59-52(68)53(19-20-53)51(67)58-33-11-9-32(54)10-12-33)31-44(43)72-26-5-4-24-70-23-2-3-25-71-27-18-45(62)57-22-28-73-42-8-6-7-35-47(42)50(66)61(49(35)65)39-14-16-46(63)60-48(39)64/h6-13,15,17,21,29-31,39H,2-5,14,16,18-20,22-28H2,1H3,(H,57,62)(H,58,67)(H,59,68)(H,60,63,64). The molecule has 1 aliphatic carbocycles. The van der Waals surface area contributed by atoms with Gasteiger partial charge in [0.25, 0.3) is 11.8 Å². The Bertz CT molecular complexity index is 2930. The van der Waals surface area contributed by atoms with Crippen LogP contribution in [0.2, 0.25) is 0 Å². The van der Waals surface area contributed by atoms with Gasteiger partial charge >= 0.3 is 0 Å². The topological polar surface area (TPSA) is 239 Å². The lowest BCUT2D eigenvalue weighted by Gasteiger charge is -2.27. The quantitative estimate of drug-likeness (QED) is 0.0258. The highest BCUT2D eigenvalue weighted by Gasteiger charge is 2.56. The first kappa shape index (κ1) is 52.3. The fourth-order valence-corrected chi connectivity index (χ4v) is 8.30. The van der Waals surface area contributed by atoms with E-state index in [0.717, 1.165) is 30.2 Å². The molecule has 74 heavy (non-hydrogen) atoms. The number of fused-ring (bicyclic) bond motifs is 2. The van der Waals surface area contributed by atoms with Gasteiger partial charge in [-0.3, -0.25) is 48.8 Å². The van der Waals surface area contributed by atoms with Gasteiger partial charge in [0.1, 0.15) is 35.4 Å². The Morgan fingerprint density at radius 1 is 0.730 bits per heavy atom. The minimum atomic E-state index is -1.32. The van der Waals surface area contributed by atoms with Crippen molar-refractivity contribution in [1.29, 1.82) is 0 Å². The number of pyridine rings is 1. The lowest BCUT2D eigenvalue weighted by molar-refractivity contribution is -0.136. The maximum Gasteiger partial charge on any atom is 0.266 e. The molecule has 0 radical (unpaired) electrons. The van der Waals surface area contributed by atoms with Crippen molar-refractivity contribution in [2.75, 3.05) is 63.9 Å². The summed E-state index contributed by atoms with van der Waals surface area (Å²) >= 11 is 0. The molecule has 2 fully saturated rings. The number of unbranched alkanes of at least 4 members (excludes halogenated alkanes) is 2. The number of hydrogen-bond acceptors (Lipinski definition) is 14. The number of anilines is 2. The highest BCUT2D eigenvalue weighted by atomic mass is 19.1. The average molecular weight is 1020 g/mol. The van der Waals surface area contributed by atoms with Crippen LogP contribution >= 0.6 is 0 Å². The van der Waals surface area contributed by atoms with E-state index in [1.165, 1.54) is 61.8 Å². The van der Waals surface area contributed by atoms with E-state index in [1.54, 1.807) is 24.3 Å². The van der Waals surface area contributed by atoms with E-state index < -0.39 is 58.5 Å². The molecule has 7 amide bonds. The fourth-order valence-electron chi connectivity index (χ4n) is 8.30. The van der Waals surface area contributed by atoms with Crippen molar-refractivity contribution >= 4 is 63.6 Å². The molecule has 0 spiro atoms. The first-order valence-corrected chi connectivity index (χ1v) is 24.2. The Morgan fingerprint density at radius 2 is 1.42 bits per heavy atom. The third-order valence-corrected chi connectivity index (χ3v) is 12.5. The Labute approximate surface area is 423 Å². The van der Waals surface area contributed by atoms with Gasteiger partial charge in [0.2, 0.25) is 29.5 Å². The summed E-state index contributed by atoms with van der Waals surface area (Å²) in [5, 5.41) is 10.7. The van der Waals surface area contributed by atoms with Crippen LogP contribution in [0.5, 0.6) is 28.7 Å². The Balaban J connectivity index is 0.675.